The van der Waals surface area contributed by atoms with Gasteiger partial charge in [0, 0.05) is 12.7 Å². The van der Waals surface area contributed by atoms with Gasteiger partial charge in [0.1, 0.15) is 11.9 Å². The monoisotopic (exact) mass is 450 g/mol. The Hall–Kier alpha value is -4.28. The zero-order valence-corrected chi connectivity index (χ0v) is 19.1. The molecular formula is C27H26N6O. The number of nitriles is 1. The van der Waals surface area contributed by atoms with Crippen LogP contribution in [0, 0.1) is 18.3 Å². The Morgan fingerprint density at radius 2 is 1.79 bits per heavy atom. The van der Waals surface area contributed by atoms with Crippen molar-refractivity contribution in [3.8, 4) is 11.8 Å². The first kappa shape index (κ1) is 22.9. The van der Waals surface area contributed by atoms with Crippen LogP contribution in [-0.2, 0) is 4.79 Å². The van der Waals surface area contributed by atoms with Gasteiger partial charge in [0.15, 0.2) is 0 Å². The van der Waals surface area contributed by atoms with Crippen LogP contribution in [0.1, 0.15) is 41.3 Å². The highest BCUT2D eigenvalue weighted by Crippen LogP contribution is 2.20. The van der Waals surface area contributed by atoms with Crippen LogP contribution in [0.5, 0.6) is 0 Å². The zero-order chi connectivity index (χ0) is 23.9. The van der Waals surface area contributed by atoms with E-state index in [9.17, 15) is 4.79 Å². The van der Waals surface area contributed by atoms with Crippen LogP contribution in [0.3, 0.4) is 0 Å². The molecule has 7 nitrogen and oxygen atoms in total. The number of aromatic nitrogens is 3. The molecule has 2 atom stereocenters. The molecule has 1 amide bonds. The first-order chi connectivity index (χ1) is 16.5. The third-order valence-electron chi connectivity index (χ3n) is 5.62. The Morgan fingerprint density at radius 1 is 1.03 bits per heavy atom. The number of anilines is 1. The van der Waals surface area contributed by atoms with Gasteiger partial charge in [0.05, 0.1) is 29.2 Å². The fourth-order valence-corrected chi connectivity index (χ4v) is 3.66. The van der Waals surface area contributed by atoms with E-state index >= 15 is 0 Å². The molecule has 170 valence electrons. The van der Waals surface area contributed by atoms with Crippen molar-refractivity contribution in [2.24, 2.45) is 0 Å². The van der Waals surface area contributed by atoms with Crippen LogP contribution in [0.15, 0.2) is 85.2 Å². The molecule has 0 spiro atoms. The summed E-state index contributed by atoms with van der Waals surface area (Å²) in [5, 5.41) is 19.7. The molecule has 2 aromatic carbocycles. The van der Waals surface area contributed by atoms with Gasteiger partial charge >= 0.3 is 0 Å². The van der Waals surface area contributed by atoms with Crippen molar-refractivity contribution >= 4 is 11.7 Å². The van der Waals surface area contributed by atoms with Crippen LogP contribution in [-0.4, -0.2) is 27.2 Å². The maximum Gasteiger partial charge on any atom is 0.247 e. The van der Waals surface area contributed by atoms with E-state index in [1.165, 1.54) is 0 Å². The highest BCUT2D eigenvalue weighted by Gasteiger charge is 2.21. The van der Waals surface area contributed by atoms with Crippen LogP contribution >= 0.6 is 0 Å². The second kappa shape index (κ2) is 10.6. The molecule has 4 aromatic rings. The maximum atomic E-state index is 13.2. The minimum absolute atomic E-state index is 0.154. The molecule has 4 rings (SSSR count). The molecule has 0 fully saturated rings. The normalized spacial score (nSPS) is 12.5. The predicted molar refractivity (Wildman–Crippen MR) is 131 cm³/mol. The van der Waals surface area contributed by atoms with Crippen LogP contribution in [0.2, 0.25) is 0 Å². The lowest BCUT2D eigenvalue weighted by Crippen LogP contribution is -2.35. The van der Waals surface area contributed by atoms with Gasteiger partial charge in [-0.1, -0.05) is 49.4 Å². The minimum atomic E-state index is -0.544. The molecular weight excluding hydrogens is 424 g/mol. The highest BCUT2D eigenvalue weighted by molar-refractivity contribution is 5.94. The smallest absolute Gasteiger partial charge is 0.247 e. The lowest BCUT2D eigenvalue weighted by Gasteiger charge is -2.21. The van der Waals surface area contributed by atoms with Gasteiger partial charge in [0.2, 0.25) is 5.91 Å². The quantitative estimate of drug-likeness (QED) is 0.411. The molecule has 0 radical (unpaired) electrons. The molecule has 0 bridgehead atoms. The second-order valence-corrected chi connectivity index (χ2v) is 8.18. The Kier molecular flexibility index (Phi) is 7.11. The lowest BCUT2D eigenvalue weighted by atomic mass is 9.98. The summed E-state index contributed by atoms with van der Waals surface area (Å²) in [7, 11) is 0. The molecule has 2 aromatic heterocycles. The second-order valence-electron chi connectivity index (χ2n) is 8.18. The van der Waals surface area contributed by atoms with Crippen molar-refractivity contribution in [2.75, 3.05) is 11.9 Å². The SMILES string of the molecule is Cc1ccn(-c2ccc(NC(=O)C(NCC(C)c3ccc(C#N)cc3)c3ccccc3)nc2)n1. The van der Waals surface area contributed by atoms with E-state index in [4.69, 9.17) is 5.26 Å². The summed E-state index contributed by atoms with van der Waals surface area (Å²) in [6.45, 7) is 4.60. The fourth-order valence-electron chi connectivity index (χ4n) is 3.66. The molecule has 0 aliphatic rings. The number of nitrogens with one attached hydrogen (secondary N) is 2. The Bertz CT molecular complexity index is 1270. The van der Waals surface area contributed by atoms with Gasteiger partial charge < -0.3 is 10.6 Å². The number of nitrogens with zero attached hydrogens (tertiary/aromatic N) is 4. The van der Waals surface area contributed by atoms with Crippen LogP contribution in [0.4, 0.5) is 5.82 Å². The van der Waals surface area contributed by atoms with Crippen molar-refractivity contribution in [1.82, 2.24) is 20.1 Å². The summed E-state index contributed by atoms with van der Waals surface area (Å²) in [5.41, 5.74) is 4.34. The number of amides is 1. The number of carbonyl (C=O) groups is 1. The highest BCUT2D eigenvalue weighted by atomic mass is 16.2. The molecule has 0 saturated heterocycles. The van der Waals surface area contributed by atoms with Crippen molar-refractivity contribution in [3.63, 3.8) is 0 Å². The summed E-state index contributed by atoms with van der Waals surface area (Å²) in [6.07, 6.45) is 3.55. The molecule has 2 heterocycles. The van der Waals surface area contributed by atoms with E-state index < -0.39 is 6.04 Å². The summed E-state index contributed by atoms with van der Waals surface area (Å²) < 4.78 is 1.74. The third kappa shape index (κ3) is 5.55. The molecule has 0 aliphatic heterocycles. The average Bonchev–Trinajstić information content (AvgIpc) is 3.31. The van der Waals surface area contributed by atoms with Crippen LogP contribution in [0.25, 0.3) is 5.69 Å². The van der Waals surface area contributed by atoms with Crippen molar-refractivity contribution in [1.29, 1.82) is 5.26 Å². The summed E-state index contributed by atoms with van der Waals surface area (Å²) in [6, 6.07) is 24.3. The van der Waals surface area contributed by atoms with Crippen molar-refractivity contribution in [3.05, 3.63) is 108 Å². The first-order valence-electron chi connectivity index (χ1n) is 11.1. The first-order valence-corrected chi connectivity index (χ1v) is 11.1. The Morgan fingerprint density at radius 3 is 2.41 bits per heavy atom. The van der Waals surface area contributed by atoms with Gasteiger partial charge in [-0.05, 0) is 54.3 Å². The number of hydrogen-bond donors (Lipinski definition) is 2. The van der Waals surface area contributed by atoms with Gasteiger partial charge in [-0.2, -0.15) is 10.4 Å². The molecule has 2 N–H and O–H groups in total. The van der Waals surface area contributed by atoms with Gasteiger partial charge in [-0.25, -0.2) is 9.67 Å². The fraction of sp³-hybridized carbons (Fsp3) is 0.185. The largest absolute Gasteiger partial charge is 0.309 e. The van der Waals surface area contributed by atoms with Crippen LogP contribution < -0.4 is 10.6 Å². The number of carbonyl (C=O) groups excluding carboxylic acids is 1. The van der Waals surface area contributed by atoms with E-state index in [0.717, 1.165) is 22.5 Å². The number of aryl methyl sites for hydroxylation is 1. The summed E-state index contributed by atoms with van der Waals surface area (Å²) >= 11 is 0. The number of rotatable bonds is 8. The standard InChI is InChI=1S/C27H26N6O/c1-19(22-10-8-21(16-28)9-11-22)17-30-26(23-6-4-3-5-7-23)27(34)31-25-13-12-24(18-29-25)33-15-14-20(2)32-33/h3-15,18-19,26,30H,17H2,1-2H3,(H,29,31,34). The lowest BCUT2D eigenvalue weighted by molar-refractivity contribution is -0.118. The average molecular weight is 451 g/mol. The Balaban J connectivity index is 1.46. The van der Waals surface area contributed by atoms with Gasteiger partial charge in [-0.15, -0.1) is 0 Å². The van der Waals surface area contributed by atoms with Gasteiger partial charge in [0.25, 0.3) is 0 Å². The molecule has 7 heteroatoms. The predicted octanol–water partition coefficient (Wildman–Crippen LogP) is 4.52. The van der Waals surface area contributed by atoms with Crippen molar-refractivity contribution in [2.45, 2.75) is 25.8 Å². The molecule has 34 heavy (non-hydrogen) atoms. The number of benzene rings is 2. The number of hydrogen-bond acceptors (Lipinski definition) is 5. The minimum Gasteiger partial charge on any atom is -0.309 e. The molecule has 2 unspecified atom stereocenters. The summed E-state index contributed by atoms with van der Waals surface area (Å²) in [4.78, 5) is 17.6. The third-order valence-corrected chi connectivity index (χ3v) is 5.62. The Labute approximate surface area is 199 Å². The zero-order valence-electron chi connectivity index (χ0n) is 19.1. The van der Waals surface area contributed by atoms with Gasteiger partial charge in [-0.3, -0.25) is 4.79 Å². The number of pyridine rings is 1. The van der Waals surface area contributed by atoms with E-state index in [-0.39, 0.29) is 11.8 Å². The topological polar surface area (TPSA) is 95.6 Å². The van der Waals surface area contributed by atoms with Crippen molar-refractivity contribution < 1.29 is 4.79 Å². The summed E-state index contributed by atoms with van der Waals surface area (Å²) in [5.74, 6) is 0.440. The van der Waals surface area contributed by atoms with E-state index in [2.05, 4.69) is 33.7 Å². The molecule has 0 saturated carbocycles. The van der Waals surface area contributed by atoms with E-state index in [1.54, 1.807) is 16.9 Å². The van der Waals surface area contributed by atoms with E-state index in [1.807, 2.05) is 79.9 Å². The maximum absolute atomic E-state index is 13.2. The molecule has 0 aliphatic carbocycles. The van der Waals surface area contributed by atoms with E-state index in [0.29, 0.717) is 17.9 Å².